The van der Waals surface area contributed by atoms with Crippen LogP contribution in [-0.4, -0.2) is 18.5 Å². The summed E-state index contributed by atoms with van der Waals surface area (Å²) < 4.78 is 10.6. The van der Waals surface area contributed by atoms with E-state index >= 15 is 0 Å². The molecule has 0 aliphatic rings. The molecule has 172 valence electrons. The van der Waals surface area contributed by atoms with Gasteiger partial charge in [-0.3, -0.25) is 0 Å². The smallest absolute Gasteiger partial charge is 0.343 e. The fourth-order valence-electron chi connectivity index (χ4n) is 3.23. The van der Waals surface area contributed by atoms with Crippen molar-refractivity contribution in [2.75, 3.05) is 18.1 Å². The molecular weight excluding hydrogens is 404 g/mol. The number of hydrogen-bond acceptors (Lipinski definition) is 6. The van der Waals surface area contributed by atoms with Crippen molar-refractivity contribution in [3.05, 3.63) is 59.7 Å². The number of ether oxygens (including phenoxy) is 2. The second-order valence-corrected chi connectivity index (χ2v) is 7.82. The van der Waals surface area contributed by atoms with E-state index in [1.807, 2.05) is 0 Å². The highest BCUT2D eigenvalue weighted by Crippen LogP contribution is 2.18. The van der Waals surface area contributed by atoms with Crippen LogP contribution in [0.15, 0.2) is 48.5 Å². The molecule has 2 rings (SSSR count). The van der Waals surface area contributed by atoms with Gasteiger partial charge in [-0.2, -0.15) is 0 Å². The minimum Gasteiger partial charge on any atom is -0.463 e. The summed E-state index contributed by atoms with van der Waals surface area (Å²) >= 11 is 0. The van der Waals surface area contributed by atoms with E-state index in [9.17, 15) is 9.59 Å². The molecule has 0 saturated carbocycles. The lowest BCUT2D eigenvalue weighted by Gasteiger charge is -2.06. The maximum atomic E-state index is 12.2. The molecule has 0 radical (unpaired) electrons. The van der Waals surface area contributed by atoms with Gasteiger partial charge < -0.3 is 20.9 Å². The number of nitrogen functional groups attached to an aromatic ring is 2. The van der Waals surface area contributed by atoms with Gasteiger partial charge in [-0.15, -0.1) is 0 Å². The van der Waals surface area contributed by atoms with Gasteiger partial charge in [0.15, 0.2) is 0 Å². The van der Waals surface area contributed by atoms with Crippen molar-refractivity contribution in [1.29, 1.82) is 0 Å². The van der Waals surface area contributed by atoms with E-state index in [2.05, 4.69) is 6.92 Å². The standard InChI is InChI=1S/C26H34N2O4/c1-2-3-4-5-6-7-8-9-16-31-25(29)15-12-20-10-13-24(14-11-20)32-26(30)21-17-22(27)19-23(28)18-21/h10-15,17-19H,2-9,16,27-28H2,1H3. The summed E-state index contributed by atoms with van der Waals surface area (Å²) in [6.45, 7) is 2.66. The Hall–Kier alpha value is -3.28. The van der Waals surface area contributed by atoms with Crippen LogP contribution in [0.1, 0.15) is 74.2 Å². The molecule has 2 aromatic carbocycles. The Morgan fingerprint density at radius 1 is 0.844 bits per heavy atom. The molecule has 0 spiro atoms. The van der Waals surface area contributed by atoms with Crippen LogP contribution >= 0.6 is 0 Å². The van der Waals surface area contributed by atoms with Crippen LogP contribution in [-0.2, 0) is 9.53 Å². The predicted octanol–water partition coefficient (Wildman–Crippen LogP) is 5.77. The molecule has 0 aliphatic heterocycles. The van der Waals surface area contributed by atoms with Crippen LogP contribution in [0, 0.1) is 0 Å². The van der Waals surface area contributed by atoms with Gasteiger partial charge in [-0.25, -0.2) is 9.59 Å². The molecule has 2 aromatic rings. The maximum absolute atomic E-state index is 12.2. The van der Waals surface area contributed by atoms with Crippen LogP contribution in [0.5, 0.6) is 5.75 Å². The summed E-state index contributed by atoms with van der Waals surface area (Å²) in [4.78, 5) is 24.1. The van der Waals surface area contributed by atoms with Crippen LogP contribution < -0.4 is 16.2 Å². The fourth-order valence-corrected chi connectivity index (χ4v) is 3.23. The second-order valence-electron chi connectivity index (χ2n) is 7.82. The number of rotatable bonds is 13. The molecule has 0 bridgehead atoms. The third-order valence-electron chi connectivity index (χ3n) is 4.96. The van der Waals surface area contributed by atoms with Crippen molar-refractivity contribution >= 4 is 29.4 Å². The average molecular weight is 439 g/mol. The molecule has 4 N–H and O–H groups in total. The Morgan fingerprint density at radius 3 is 2.06 bits per heavy atom. The first-order chi connectivity index (χ1) is 15.5. The molecule has 0 atom stereocenters. The van der Waals surface area contributed by atoms with Crippen molar-refractivity contribution in [3.8, 4) is 5.75 Å². The van der Waals surface area contributed by atoms with E-state index in [0.29, 0.717) is 23.7 Å². The van der Waals surface area contributed by atoms with Gasteiger partial charge in [0, 0.05) is 17.5 Å². The molecule has 6 heteroatoms. The SMILES string of the molecule is CCCCCCCCCCOC(=O)C=Cc1ccc(OC(=O)c2cc(N)cc(N)c2)cc1. The minimum atomic E-state index is -0.545. The number of unbranched alkanes of at least 4 members (excludes halogenated alkanes) is 7. The third kappa shape index (κ3) is 9.69. The van der Waals surface area contributed by atoms with E-state index in [-0.39, 0.29) is 11.5 Å². The summed E-state index contributed by atoms with van der Waals surface area (Å²) in [6, 6.07) is 11.4. The van der Waals surface area contributed by atoms with Gasteiger partial charge in [-0.1, -0.05) is 64.0 Å². The molecule has 0 unspecified atom stereocenters. The van der Waals surface area contributed by atoms with E-state index < -0.39 is 5.97 Å². The number of carbonyl (C=O) groups is 2. The summed E-state index contributed by atoms with van der Waals surface area (Å²) in [5.41, 5.74) is 13.3. The maximum Gasteiger partial charge on any atom is 0.343 e. The molecule has 0 aliphatic carbocycles. The van der Waals surface area contributed by atoms with Crippen LogP contribution in [0.2, 0.25) is 0 Å². The average Bonchev–Trinajstić information content (AvgIpc) is 2.77. The minimum absolute atomic E-state index is 0.283. The molecule has 0 saturated heterocycles. The number of esters is 2. The number of benzene rings is 2. The van der Waals surface area contributed by atoms with Gasteiger partial charge in [0.05, 0.1) is 12.2 Å². The first-order valence-corrected chi connectivity index (χ1v) is 11.3. The number of hydrogen-bond donors (Lipinski definition) is 2. The summed E-state index contributed by atoms with van der Waals surface area (Å²) in [6.07, 6.45) is 12.7. The third-order valence-corrected chi connectivity index (χ3v) is 4.96. The summed E-state index contributed by atoms with van der Waals surface area (Å²) in [5.74, 6) is -0.523. The van der Waals surface area contributed by atoms with Crippen molar-refractivity contribution in [2.24, 2.45) is 0 Å². The first kappa shape index (κ1) is 25.0. The van der Waals surface area contributed by atoms with Crippen LogP contribution in [0.3, 0.4) is 0 Å². The van der Waals surface area contributed by atoms with Crippen molar-refractivity contribution in [1.82, 2.24) is 0 Å². The molecule has 6 nitrogen and oxygen atoms in total. The Bertz CT molecular complexity index is 871. The van der Waals surface area contributed by atoms with Gasteiger partial charge in [0.1, 0.15) is 5.75 Å². The Labute approximate surface area is 190 Å². The molecular formula is C26H34N2O4. The monoisotopic (exact) mass is 438 g/mol. The van der Waals surface area contributed by atoms with Gasteiger partial charge in [0.2, 0.25) is 0 Å². The Morgan fingerprint density at radius 2 is 1.44 bits per heavy atom. The topological polar surface area (TPSA) is 105 Å². The van der Waals surface area contributed by atoms with Crippen molar-refractivity contribution in [3.63, 3.8) is 0 Å². The summed E-state index contributed by atoms with van der Waals surface area (Å²) in [7, 11) is 0. The van der Waals surface area contributed by atoms with Crippen LogP contribution in [0.4, 0.5) is 11.4 Å². The second kappa shape index (κ2) is 13.9. The van der Waals surface area contributed by atoms with Gasteiger partial charge in [-0.05, 0) is 48.4 Å². The highest BCUT2D eigenvalue weighted by molar-refractivity contribution is 5.93. The lowest BCUT2D eigenvalue weighted by atomic mass is 10.1. The lowest BCUT2D eigenvalue weighted by molar-refractivity contribution is -0.137. The fraction of sp³-hybridized carbons (Fsp3) is 0.385. The van der Waals surface area contributed by atoms with E-state index in [1.165, 1.54) is 56.7 Å². The molecule has 0 aromatic heterocycles. The lowest BCUT2D eigenvalue weighted by Crippen LogP contribution is -2.09. The number of anilines is 2. The molecule has 0 heterocycles. The van der Waals surface area contributed by atoms with Crippen molar-refractivity contribution < 1.29 is 19.1 Å². The highest BCUT2D eigenvalue weighted by Gasteiger charge is 2.10. The highest BCUT2D eigenvalue weighted by atomic mass is 16.5. The van der Waals surface area contributed by atoms with Gasteiger partial charge in [0.25, 0.3) is 0 Å². The van der Waals surface area contributed by atoms with Crippen LogP contribution in [0.25, 0.3) is 6.08 Å². The Kier molecular flexibility index (Phi) is 10.9. The number of carbonyl (C=O) groups excluding carboxylic acids is 2. The largest absolute Gasteiger partial charge is 0.463 e. The zero-order valence-electron chi connectivity index (χ0n) is 18.8. The quantitative estimate of drug-likeness (QED) is 0.135. The first-order valence-electron chi connectivity index (χ1n) is 11.3. The molecule has 32 heavy (non-hydrogen) atoms. The normalized spacial score (nSPS) is 10.9. The zero-order valence-corrected chi connectivity index (χ0v) is 18.8. The van der Waals surface area contributed by atoms with E-state index in [0.717, 1.165) is 18.4 Å². The van der Waals surface area contributed by atoms with Crippen molar-refractivity contribution in [2.45, 2.75) is 58.3 Å². The predicted molar refractivity (Wildman–Crippen MR) is 129 cm³/mol. The zero-order chi connectivity index (χ0) is 23.2. The number of nitrogens with two attached hydrogens (primary N) is 2. The Balaban J connectivity index is 1.69. The van der Waals surface area contributed by atoms with E-state index in [1.54, 1.807) is 36.4 Å². The summed E-state index contributed by atoms with van der Waals surface area (Å²) in [5, 5.41) is 0. The van der Waals surface area contributed by atoms with Gasteiger partial charge >= 0.3 is 11.9 Å². The molecule has 0 amide bonds. The van der Waals surface area contributed by atoms with E-state index in [4.69, 9.17) is 20.9 Å². The molecule has 0 fully saturated rings.